The number of benzene rings is 1. The molecule has 0 saturated carbocycles. The molecule has 6 nitrogen and oxygen atoms in total. The molecule has 2 heterocycles. The Bertz CT molecular complexity index is 1010. The Labute approximate surface area is 155 Å². The molecule has 0 aliphatic heterocycles. The summed E-state index contributed by atoms with van der Waals surface area (Å²) in [6, 6.07) is 7.38. The summed E-state index contributed by atoms with van der Waals surface area (Å²) in [4.78, 5) is 29.8. The highest BCUT2D eigenvalue weighted by atomic mass is 32.1. The van der Waals surface area contributed by atoms with E-state index in [1.54, 1.807) is 12.1 Å². The molecule has 0 aliphatic rings. The molecule has 1 N–H and O–H groups in total. The molecule has 26 heavy (non-hydrogen) atoms. The van der Waals surface area contributed by atoms with Crippen LogP contribution < -0.4 is 10.9 Å². The topological polar surface area (TPSA) is 76.4 Å². The molecular formula is C19H22N4O2S. The molecule has 1 amide bonds. The summed E-state index contributed by atoms with van der Waals surface area (Å²) in [5.74, 6) is -0.135. The van der Waals surface area contributed by atoms with Crippen LogP contribution in [0.3, 0.4) is 0 Å². The molecule has 2 aromatic heterocycles. The third kappa shape index (κ3) is 3.53. The Morgan fingerprint density at radius 2 is 1.85 bits per heavy atom. The maximum Gasteiger partial charge on any atom is 0.298 e. The van der Waals surface area contributed by atoms with Gasteiger partial charge in [-0.25, -0.2) is 4.98 Å². The quantitative estimate of drug-likeness (QED) is 0.760. The number of nitrogens with zero attached hydrogens (tertiary/aromatic N) is 3. The molecule has 0 aliphatic carbocycles. The van der Waals surface area contributed by atoms with E-state index in [9.17, 15) is 9.59 Å². The Hall–Kier alpha value is -2.54. The van der Waals surface area contributed by atoms with Crippen LogP contribution in [0.2, 0.25) is 0 Å². The highest BCUT2D eigenvalue weighted by Crippen LogP contribution is 2.23. The Morgan fingerprint density at radius 1 is 1.19 bits per heavy atom. The first kappa shape index (κ1) is 18.3. The van der Waals surface area contributed by atoms with Gasteiger partial charge in [0.05, 0.1) is 6.20 Å². The van der Waals surface area contributed by atoms with Crippen LogP contribution in [-0.2, 0) is 5.41 Å². The molecule has 1 aromatic carbocycles. The zero-order valence-electron chi connectivity index (χ0n) is 15.5. The average Bonchev–Trinajstić information content (AvgIpc) is 3.02. The summed E-state index contributed by atoms with van der Waals surface area (Å²) >= 11 is 1.38. The summed E-state index contributed by atoms with van der Waals surface area (Å²) < 4.78 is 1.25. The van der Waals surface area contributed by atoms with E-state index in [0.29, 0.717) is 10.5 Å². The molecule has 3 aromatic rings. The van der Waals surface area contributed by atoms with Crippen molar-refractivity contribution in [2.24, 2.45) is 0 Å². The lowest BCUT2D eigenvalue weighted by Gasteiger charge is -2.19. The summed E-state index contributed by atoms with van der Waals surface area (Å²) in [6.07, 6.45) is 1.39. The van der Waals surface area contributed by atoms with Gasteiger partial charge in [0.15, 0.2) is 0 Å². The third-order valence-electron chi connectivity index (χ3n) is 4.06. The van der Waals surface area contributed by atoms with Crippen molar-refractivity contribution in [1.82, 2.24) is 14.6 Å². The van der Waals surface area contributed by atoms with Crippen LogP contribution in [0.4, 0.5) is 5.69 Å². The van der Waals surface area contributed by atoms with Gasteiger partial charge in [-0.1, -0.05) is 58.1 Å². The number of rotatable bonds is 3. The van der Waals surface area contributed by atoms with Crippen molar-refractivity contribution in [3.63, 3.8) is 0 Å². The van der Waals surface area contributed by atoms with Gasteiger partial charge in [0.25, 0.3) is 11.5 Å². The maximum absolute atomic E-state index is 12.6. The fourth-order valence-electron chi connectivity index (χ4n) is 2.44. The van der Waals surface area contributed by atoms with Crippen LogP contribution in [0.15, 0.2) is 35.3 Å². The minimum absolute atomic E-state index is 0.0154. The first-order valence-corrected chi connectivity index (χ1v) is 9.29. The van der Waals surface area contributed by atoms with E-state index >= 15 is 0 Å². The number of carbonyl (C=O) groups is 1. The van der Waals surface area contributed by atoms with Crippen molar-refractivity contribution in [3.05, 3.63) is 57.0 Å². The van der Waals surface area contributed by atoms with Gasteiger partial charge in [0.1, 0.15) is 10.7 Å². The van der Waals surface area contributed by atoms with E-state index in [2.05, 4.69) is 36.2 Å². The van der Waals surface area contributed by atoms with E-state index in [0.717, 1.165) is 10.6 Å². The van der Waals surface area contributed by atoms with Crippen LogP contribution in [-0.4, -0.2) is 20.5 Å². The van der Waals surface area contributed by atoms with Gasteiger partial charge in [-0.15, -0.1) is 0 Å². The average molecular weight is 370 g/mol. The first-order valence-electron chi connectivity index (χ1n) is 8.47. The molecule has 0 saturated heterocycles. The van der Waals surface area contributed by atoms with Crippen LogP contribution in [0.5, 0.6) is 0 Å². The Balaban J connectivity index is 1.87. The van der Waals surface area contributed by atoms with Crippen molar-refractivity contribution in [2.75, 3.05) is 5.32 Å². The monoisotopic (exact) mass is 370 g/mol. The van der Waals surface area contributed by atoms with Crippen molar-refractivity contribution in [2.45, 2.75) is 46.0 Å². The molecule has 3 rings (SSSR count). The smallest absolute Gasteiger partial charge is 0.298 e. The Kier molecular flexibility index (Phi) is 4.66. The molecule has 0 unspecified atom stereocenters. The van der Waals surface area contributed by atoms with Crippen molar-refractivity contribution in [1.29, 1.82) is 0 Å². The maximum atomic E-state index is 12.6. The first-order chi connectivity index (χ1) is 12.2. The zero-order valence-corrected chi connectivity index (χ0v) is 16.3. The van der Waals surface area contributed by atoms with E-state index < -0.39 is 0 Å². The molecule has 136 valence electrons. The summed E-state index contributed by atoms with van der Waals surface area (Å²) in [5.41, 5.74) is 1.39. The van der Waals surface area contributed by atoms with Gasteiger partial charge in [-0.05, 0) is 23.1 Å². The standard InChI is InChI=1S/C19H22N4O2S/c1-11(2)16-22-23-17(25)14(10-20-18(23)26-16)21-15(24)12-6-8-13(9-7-12)19(3,4)5/h6-11H,1-5H3,(H,21,24). The van der Waals surface area contributed by atoms with Gasteiger partial charge < -0.3 is 5.32 Å². The summed E-state index contributed by atoms with van der Waals surface area (Å²) in [6.45, 7) is 10.4. The third-order valence-corrected chi connectivity index (χ3v) is 5.28. The number of hydrogen-bond donors (Lipinski definition) is 1. The molecule has 7 heteroatoms. The van der Waals surface area contributed by atoms with Gasteiger partial charge in [-0.3, -0.25) is 9.59 Å². The van der Waals surface area contributed by atoms with E-state index in [1.165, 1.54) is 22.0 Å². The van der Waals surface area contributed by atoms with Crippen LogP contribution in [0.25, 0.3) is 4.96 Å². The Morgan fingerprint density at radius 3 is 2.42 bits per heavy atom. The minimum atomic E-state index is -0.377. The highest BCUT2D eigenvalue weighted by Gasteiger charge is 2.16. The van der Waals surface area contributed by atoms with Crippen LogP contribution in [0, 0.1) is 0 Å². The van der Waals surface area contributed by atoms with Gasteiger partial charge in [0, 0.05) is 11.5 Å². The second kappa shape index (κ2) is 6.64. The number of amides is 1. The van der Waals surface area contributed by atoms with Gasteiger partial charge in [-0.2, -0.15) is 9.61 Å². The number of aromatic nitrogens is 3. The second-order valence-corrected chi connectivity index (χ2v) is 8.54. The van der Waals surface area contributed by atoms with Crippen LogP contribution in [0.1, 0.15) is 61.5 Å². The minimum Gasteiger partial charge on any atom is -0.316 e. The molecule has 0 radical (unpaired) electrons. The lowest BCUT2D eigenvalue weighted by molar-refractivity contribution is 0.102. The molecule has 0 spiro atoms. The number of anilines is 1. The van der Waals surface area contributed by atoms with E-state index in [-0.39, 0.29) is 28.5 Å². The number of hydrogen-bond acceptors (Lipinski definition) is 5. The highest BCUT2D eigenvalue weighted by molar-refractivity contribution is 7.16. The predicted molar refractivity (Wildman–Crippen MR) is 104 cm³/mol. The van der Waals surface area contributed by atoms with E-state index in [4.69, 9.17) is 0 Å². The SMILES string of the molecule is CC(C)c1nn2c(=O)c(NC(=O)c3ccc(C(C)(C)C)cc3)cnc2s1. The van der Waals surface area contributed by atoms with Gasteiger partial charge in [0.2, 0.25) is 4.96 Å². The molecule has 0 atom stereocenters. The van der Waals surface area contributed by atoms with Crippen molar-refractivity contribution >= 4 is 27.9 Å². The molecular weight excluding hydrogens is 348 g/mol. The van der Waals surface area contributed by atoms with Gasteiger partial charge >= 0.3 is 0 Å². The zero-order chi connectivity index (χ0) is 19.1. The number of carbonyl (C=O) groups excluding carboxylic acids is 1. The summed E-state index contributed by atoms with van der Waals surface area (Å²) in [7, 11) is 0. The van der Waals surface area contributed by atoms with Crippen LogP contribution >= 0.6 is 11.3 Å². The number of fused-ring (bicyclic) bond motifs is 1. The normalized spacial score (nSPS) is 11.9. The van der Waals surface area contributed by atoms with Crippen molar-refractivity contribution < 1.29 is 4.79 Å². The number of nitrogens with one attached hydrogen (secondary N) is 1. The largest absolute Gasteiger partial charge is 0.316 e. The molecule has 0 fully saturated rings. The summed E-state index contributed by atoms with van der Waals surface area (Å²) in [5, 5.41) is 7.77. The lowest BCUT2D eigenvalue weighted by Crippen LogP contribution is -2.23. The van der Waals surface area contributed by atoms with E-state index in [1.807, 2.05) is 26.0 Å². The predicted octanol–water partition coefficient (Wildman–Crippen LogP) is 3.82. The lowest BCUT2D eigenvalue weighted by atomic mass is 9.87. The fraction of sp³-hybridized carbons (Fsp3) is 0.368. The fourth-order valence-corrected chi connectivity index (χ4v) is 3.30. The molecule has 0 bridgehead atoms. The second-order valence-electron chi connectivity index (χ2n) is 7.55. The van der Waals surface area contributed by atoms with Crippen molar-refractivity contribution in [3.8, 4) is 0 Å².